The van der Waals surface area contributed by atoms with Crippen LogP contribution in [0.15, 0.2) is 16.6 Å². The van der Waals surface area contributed by atoms with Crippen LogP contribution in [0.25, 0.3) is 11.0 Å². The summed E-state index contributed by atoms with van der Waals surface area (Å²) < 4.78 is 47.9. The number of benzene rings is 1. The first kappa shape index (κ1) is 19.0. The fourth-order valence-corrected chi connectivity index (χ4v) is 4.21. The summed E-state index contributed by atoms with van der Waals surface area (Å²) in [7, 11) is 0. The maximum atomic E-state index is 13.2. The average Bonchev–Trinajstić information content (AvgIpc) is 3.35. The van der Waals surface area contributed by atoms with Crippen molar-refractivity contribution in [2.75, 3.05) is 19.7 Å². The maximum Gasteiger partial charge on any atom is 0.404 e. The molecule has 2 heterocycles. The van der Waals surface area contributed by atoms with Crippen LogP contribution in [0.2, 0.25) is 0 Å². The van der Waals surface area contributed by atoms with Gasteiger partial charge in [0.25, 0.3) is 0 Å². The number of nitrogens with zero attached hydrogens (tertiary/aromatic N) is 4. The van der Waals surface area contributed by atoms with Gasteiger partial charge in [0, 0.05) is 13.1 Å². The largest absolute Gasteiger partial charge is 0.491 e. The van der Waals surface area contributed by atoms with Gasteiger partial charge < -0.3 is 4.74 Å². The highest BCUT2D eigenvalue weighted by atomic mass is 79.9. The van der Waals surface area contributed by atoms with E-state index < -0.39 is 12.2 Å². The lowest BCUT2D eigenvalue weighted by molar-refractivity contribution is -0.191. The van der Waals surface area contributed by atoms with E-state index in [1.54, 1.807) is 0 Å². The molecule has 4 rings (SSSR count). The van der Waals surface area contributed by atoms with Gasteiger partial charge in [-0.15, -0.1) is 5.10 Å². The number of hydrogen-bond donors (Lipinski definition) is 0. The molecule has 148 valence electrons. The molecule has 1 aliphatic carbocycles. The quantitative estimate of drug-likeness (QED) is 0.659. The average molecular weight is 447 g/mol. The van der Waals surface area contributed by atoms with Crippen molar-refractivity contribution in [1.29, 1.82) is 0 Å². The zero-order valence-corrected chi connectivity index (χ0v) is 16.5. The fraction of sp³-hybridized carbons (Fsp3) is 0.667. The predicted octanol–water partition coefficient (Wildman–Crippen LogP) is 4.40. The van der Waals surface area contributed by atoms with Gasteiger partial charge in [0.05, 0.1) is 9.99 Å². The zero-order chi connectivity index (χ0) is 19.0. The van der Waals surface area contributed by atoms with Gasteiger partial charge in [-0.3, -0.25) is 4.90 Å². The van der Waals surface area contributed by atoms with Crippen molar-refractivity contribution in [3.8, 4) is 5.75 Å². The lowest BCUT2D eigenvalue weighted by atomic mass is 10.0. The monoisotopic (exact) mass is 446 g/mol. The molecule has 1 atom stereocenters. The Hall–Kier alpha value is -1.35. The van der Waals surface area contributed by atoms with Gasteiger partial charge in [-0.2, -0.15) is 13.2 Å². The molecule has 0 radical (unpaired) electrons. The van der Waals surface area contributed by atoms with Crippen molar-refractivity contribution in [3.63, 3.8) is 0 Å². The third-order valence-corrected chi connectivity index (χ3v) is 6.11. The summed E-state index contributed by atoms with van der Waals surface area (Å²) in [5.74, 6) is 1.28. The SMILES string of the molecule is FC(F)(F)C1CCCCN1CCOc1ccc2c(nnn2CC2CC2)c1Br. The summed E-state index contributed by atoms with van der Waals surface area (Å²) in [4.78, 5) is 1.49. The summed E-state index contributed by atoms with van der Waals surface area (Å²) in [6, 6.07) is 2.39. The summed E-state index contributed by atoms with van der Waals surface area (Å²) in [6.07, 6.45) is -0.117. The maximum absolute atomic E-state index is 13.2. The Labute approximate surface area is 164 Å². The highest BCUT2D eigenvalue weighted by Gasteiger charge is 2.44. The molecule has 1 saturated carbocycles. The fourth-order valence-electron chi connectivity index (χ4n) is 3.68. The molecular weight excluding hydrogens is 425 g/mol. The first-order valence-electron chi connectivity index (χ1n) is 9.39. The standard InChI is InChI=1S/C18H22BrF3N4O/c19-16-14(7-6-13-17(16)23-24-26(13)11-12-4-5-12)27-10-9-25-8-2-1-3-15(25)18(20,21)22/h6-7,12,15H,1-5,8-11H2. The van der Waals surface area contributed by atoms with Crippen LogP contribution in [0, 0.1) is 5.92 Å². The molecule has 1 aliphatic heterocycles. The van der Waals surface area contributed by atoms with Crippen LogP contribution in [-0.4, -0.2) is 51.8 Å². The Kier molecular flexibility index (Phi) is 5.33. The van der Waals surface area contributed by atoms with Gasteiger partial charge >= 0.3 is 6.18 Å². The molecule has 1 aromatic heterocycles. The first-order chi connectivity index (χ1) is 12.9. The van der Waals surface area contributed by atoms with Crippen molar-refractivity contribution in [3.05, 3.63) is 16.6 Å². The lowest BCUT2D eigenvalue weighted by Gasteiger charge is -2.36. The number of alkyl halides is 3. The molecule has 0 bridgehead atoms. The van der Waals surface area contributed by atoms with E-state index in [0.29, 0.717) is 29.1 Å². The van der Waals surface area contributed by atoms with Crippen molar-refractivity contribution < 1.29 is 17.9 Å². The number of fused-ring (bicyclic) bond motifs is 1. The van der Waals surface area contributed by atoms with E-state index in [4.69, 9.17) is 4.74 Å². The van der Waals surface area contributed by atoms with Crippen molar-refractivity contribution in [1.82, 2.24) is 19.9 Å². The Balaban J connectivity index is 1.40. The number of ether oxygens (including phenoxy) is 1. The highest BCUT2D eigenvalue weighted by molar-refractivity contribution is 9.10. The van der Waals surface area contributed by atoms with Crippen LogP contribution >= 0.6 is 15.9 Å². The molecule has 1 saturated heterocycles. The normalized spacial score (nSPS) is 21.7. The minimum Gasteiger partial charge on any atom is -0.491 e. The molecular formula is C18H22BrF3N4O. The summed E-state index contributed by atoms with van der Waals surface area (Å²) in [5, 5.41) is 8.44. The van der Waals surface area contributed by atoms with Crippen molar-refractivity contribution in [2.45, 2.75) is 50.9 Å². The number of piperidine rings is 1. The van der Waals surface area contributed by atoms with Gasteiger partial charge in [0.15, 0.2) is 0 Å². The Morgan fingerprint density at radius 2 is 2.00 bits per heavy atom. The van der Waals surface area contributed by atoms with E-state index in [0.717, 1.165) is 24.0 Å². The van der Waals surface area contributed by atoms with E-state index in [-0.39, 0.29) is 19.6 Å². The molecule has 5 nitrogen and oxygen atoms in total. The lowest BCUT2D eigenvalue weighted by Crippen LogP contribution is -2.49. The third kappa shape index (κ3) is 4.23. The van der Waals surface area contributed by atoms with Crippen LogP contribution in [0.5, 0.6) is 5.75 Å². The Bertz CT molecular complexity index is 806. The van der Waals surface area contributed by atoms with E-state index >= 15 is 0 Å². The van der Waals surface area contributed by atoms with Crippen LogP contribution in [0.1, 0.15) is 32.1 Å². The number of hydrogen-bond acceptors (Lipinski definition) is 4. The molecule has 9 heteroatoms. The van der Waals surface area contributed by atoms with Crippen LogP contribution < -0.4 is 4.74 Å². The highest BCUT2D eigenvalue weighted by Crippen LogP contribution is 2.35. The molecule has 2 aliphatic rings. The van der Waals surface area contributed by atoms with Crippen LogP contribution in [-0.2, 0) is 6.54 Å². The molecule has 1 unspecified atom stereocenters. The second-order valence-corrected chi connectivity index (χ2v) is 8.19. The molecule has 27 heavy (non-hydrogen) atoms. The number of likely N-dealkylation sites (tertiary alicyclic amines) is 1. The predicted molar refractivity (Wildman–Crippen MR) is 98.7 cm³/mol. The topological polar surface area (TPSA) is 43.2 Å². The van der Waals surface area contributed by atoms with Crippen LogP contribution in [0.3, 0.4) is 0 Å². The number of halogens is 4. The molecule has 0 amide bonds. The summed E-state index contributed by atoms with van der Waals surface area (Å²) in [6.45, 7) is 1.79. The van der Waals surface area contributed by atoms with Gasteiger partial charge in [0.1, 0.15) is 23.9 Å². The van der Waals surface area contributed by atoms with Gasteiger partial charge in [0.2, 0.25) is 0 Å². The molecule has 2 aromatic rings. The zero-order valence-electron chi connectivity index (χ0n) is 14.9. The van der Waals surface area contributed by atoms with Crippen molar-refractivity contribution >= 4 is 27.0 Å². The van der Waals surface area contributed by atoms with Crippen LogP contribution in [0.4, 0.5) is 13.2 Å². The van der Waals surface area contributed by atoms with E-state index in [1.807, 2.05) is 16.8 Å². The van der Waals surface area contributed by atoms with Gasteiger partial charge in [-0.05, 0) is 66.2 Å². The molecule has 2 fully saturated rings. The van der Waals surface area contributed by atoms with Gasteiger partial charge in [-0.25, -0.2) is 4.68 Å². The smallest absolute Gasteiger partial charge is 0.404 e. The Morgan fingerprint density at radius 1 is 1.19 bits per heavy atom. The number of rotatable bonds is 6. The summed E-state index contributed by atoms with van der Waals surface area (Å²) >= 11 is 3.51. The minimum atomic E-state index is -4.18. The molecule has 0 N–H and O–H groups in total. The minimum absolute atomic E-state index is 0.170. The van der Waals surface area contributed by atoms with Crippen molar-refractivity contribution in [2.24, 2.45) is 5.92 Å². The van der Waals surface area contributed by atoms with E-state index in [2.05, 4.69) is 26.2 Å². The molecule has 1 aromatic carbocycles. The Morgan fingerprint density at radius 3 is 2.74 bits per heavy atom. The van der Waals surface area contributed by atoms with E-state index in [1.165, 1.54) is 17.7 Å². The molecule has 0 spiro atoms. The summed E-state index contributed by atoms with van der Waals surface area (Å²) in [5.41, 5.74) is 1.66. The van der Waals surface area contributed by atoms with E-state index in [9.17, 15) is 13.2 Å². The third-order valence-electron chi connectivity index (χ3n) is 5.35. The first-order valence-corrected chi connectivity index (χ1v) is 10.2. The number of aromatic nitrogens is 3. The second kappa shape index (κ2) is 7.58. The second-order valence-electron chi connectivity index (χ2n) is 7.40. The van der Waals surface area contributed by atoms with Gasteiger partial charge in [-0.1, -0.05) is 11.6 Å².